The average molecular weight is 387 g/mol. The van der Waals surface area contributed by atoms with Gasteiger partial charge in [0.1, 0.15) is 11.6 Å². The summed E-state index contributed by atoms with van der Waals surface area (Å²) in [5.74, 6) is -1.07. The van der Waals surface area contributed by atoms with Gasteiger partial charge in [0.05, 0.1) is 18.7 Å². The highest BCUT2D eigenvalue weighted by Crippen LogP contribution is 2.18. The molecule has 2 aromatic rings. The number of pyridine rings is 1. The molecule has 0 unspecified atom stereocenters. The summed E-state index contributed by atoms with van der Waals surface area (Å²) in [5.41, 5.74) is 5.79. The molecule has 3 heterocycles. The predicted molar refractivity (Wildman–Crippen MR) is 98.9 cm³/mol. The van der Waals surface area contributed by atoms with Crippen molar-refractivity contribution in [2.24, 2.45) is 5.73 Å². The van der Waals surface area contributed by atoms with E-state index in [0.717, 1.165) is 0 Å². The van der Waals surface area contributed by atoms with E-state index in [4.69, 9.17) is 15.3 Å². The lowest BCUT2D eigenvalue weighted by Crippen LogP contribution is -2.50. The van der Waals surface area contributed by atoms with Crippen molar-refractivity contribution in [3.05, 3.63) is 47.5 Å². The second-order valence-corrected chi connectivity index (χ2v) is 6.35. The van der Waals surface area contributed by atoms with Gasteiger partial charge in [0.15, 0.2) is 0 Å². The van der Waals surface area contributed by atoms with Crippen molar-refractivity contribution in [1.29, 1.82) is 0 Å². The number of nitrogens with zero attached hydrogens (tertiary/aromatic N) is 3. The third-order valence-corrected chi connectivity index (χ3v) is 4.42. The van der Waals surface area contributed by atoms with Gasteiger partial charge in [-0.25, -0.2) is 9.78 Å². The Morgan fingerprint density at radius 2 is 1.93 bits per heavy atom. The number of aromatic carboxylic acids is 1. The predicted octanol–water partition coefficient (Wildman–Crippen LogP) is -0.0899. The Hall–Kier alpha value is -3.40. The maximum Gasteiger partial charge on any atom is 0.371 e. The average Bonchev–Trinajstić information content (AvgIpc) is 3.16. The molecule has 10 nitrogen and oxygen atoms in total. The summed E-state index contributed by atoms with van der Waals surface area (Å²) >= 11 is 0. The van der Waals surface area contributed by atoms with Crippen molar-refractivity contribution >= 4 is 23.6 Å². The summed E-state index contributed by atoms with van der Waals surface area (Å²) in [6.07, 6.45) is 1.62. The SMILES string of the molecule is NC(=O)c1cccnc1N1CCN(CC(=O)NCc2ccc(C(=O)O)o2)CC1. The zero-order valence-electron chi connectivity index (χ0n) is 15.1. The van der Waals surface area contributed by atoms with Crippen LogP contribution >= 0.6 is 0 Å². The molecular formula is C18H21N5O5. The number of amides is 2. The Bertz CT molecular complexity index is 873. The Balaban J connectivity index is 1.47. The van der Waals surface area contributed by atoms with Crippen LogP contribution in [-0.4, -0.2) is 65.5 Å². The molecule has 10 heteroatoms. The largest absolute Gasteiger partial charge is 0.475 e. The van der Waals surface area contributed by atoms with Gasteiger partial charge in [-0.05, 0) is 24.3 Å². The van der Waals surface area contributed by atoms with Gasteiger partial charge in [0, 0.05) is 32.4 Å². The number of piperazine rings is 1. The zero-order chi connectivity index (χ0) is 20.1. The van der Waals surface area contributed by atoms with Crippen molar-refractivity contribution in [2.45, 2.75) is 6.54 Å². The monoisotopic (exact) mass is 387 g/mol. The number of nitrogens with two attached hydrogens (primary N) is 1. The van der Waals surface area contributed by atoms with Gasteiger partial charge < -0.3 is 25.5 Å². The molecule has 4 N–H and O–H groups in total. The summed E-state index contributed by atoms with van der Waals surface area (Å²) in [6, 6.07) is 6.18. The highest BCUT2D eigenvalue weighted by atomic mass is 16.4. The van der Waals surface area contributed by atoms with Gasteiger partial charge in [0.2, 0.25) is 11.7 Å². The number of rotatable bonds is 7. The maximum atomic E-state index is 12.1. The molecular weight excluding hydrogens is 366 g/mol. The molecule has 0 aromatic carbocycles. The minimum atomic E-state index is -1.15. The van der Waals surface area contributed by atoms with Crippen molar-refractivity contribution < 1.29 is 23.9 Å². The van der Waals surface area contributed by atoms with Crippen LogP contribution in [0.4, 0.5) is 5.82 Å². The zero-order valence-corrected chi connectivity index (χ0v) is 15.1. The number of nitrogens with one attached hydrogen (secondary N) is 1. The number of carbonyl (C=O) groups is 3. The number of carboxylic acid groups (broad SMARTS) is 1. The lowest BCUT2D eigenvalue weighted by atomic mass is 10.2. The number of furan rings is 1. The summed E-state index contributed by atoms with van der Waals surface area (Å²) in [4.78, 5) is 42.7. The fourth-order valence-corrected chi connectivity index (χ4v) is 2.99. The number of hydrogen-bond acceptors (Lipinski definition) is 7. The first-order valence-electron chi connectivity index (χ1n) is 8.75. The molecule has 1 aliphatic rings. The molecule has 0 atom stereocenters. The first-order valence-corrected chi connectivity index (χ1v) is 8.75. The van der Waals surface area contributed by atoms with Crippen LogP contribution in [0.15, 0.2) is 34.9 Å². The molecule has 1 saturated heterocycles. The molecule has 1 aliphatic heterocycles. The van der Waals surface area contributed by atoms with E-state index in [0.29, 0.717) is 43.3 Å². The van der Waals surface area contributed by atoms with Gasteiger partial charge >= 0.3 is 5.97 Å². The second kappa shape index (κ2) is 8.53. The quantitative estimate of drug-likeness (QED) is 0.598. The van der Waals surface area contributed by atoms with E-state index >= 15 is 0 Å². The lowest BCUT2D eigenvalue weighted by molar-refractivity contribution is -0.122. The molecule has 0 saturated carbocycles. The Morgan fingerprint density at radius 1 is 1.18 bits per heavy atom. The van der Waals surface area contributed by atoms with Crippen molar-refractivity contribution in [1.82, 2.24) is 15.2 Å². The third kappa shape index (κ3) is 4.65. The van der Waals surface area contributed by atoms with E-state index in [1.807, 2.05) is 9.80 Å². The Labute approximate surface area is 160 Å². The minimum Gasteiger partial charge on any atom is -0.475 e. The molecule has 0 bridgehead atoms. The molecule has 148 valence electrons. The van der Waals surface area contributed by atoms with Crippen molar-refractivity contribution in [3.63, 3.8) is 0 Å². The Kier molecular flexibility index (Phi) is 5.90. The van der Waals surface area contributed by atoms with Crippen LogP contribution in [0.25, 0.3) is 0 Å². The number of anilines is 1. The first-order chi connectivity index (χ1) is 13.4. The van der Waals surface area contributed by atoms with E-state index in [2.05, 4.69) is 10.3 Å². The lowest BCUT2D eigenvalue weighted by Gasteiger charge is -2.35. The molecule has 0 spiro atoms. The standard InChI is InChI=1S/C18H21N5O5/c19-16(25)13-2-1-5-20-17(13)23-8-6-22(7-9-23)11-15(24)21-10-12-3-4-14(28-12)18(26)27/h1-5H,6-11H2,(H2,19,25)(H,21,24)(H,26,27). The van der Waals surface area contributed by atoms with Crippen LogP contribution in [0.3, 0.4) is 0 Å². The fraction of sp³-hybridized carbons (Fsp3) is 0.333. The molecule has 2 aromatic heterocycles. The van der Waals surface area contributed by atoms with E-state index < -0.39 is 11.9 Å². The normalized spacial score (nSPS) is 14.6. The number of primary amides is 1. The number of hydrogen-bond donors (Lipinski definition) is 3. The fourth-order valence-electron chi connectivity index (χ4n) is 2.99. The van der Waals surface area contributed by atoms with Crippen LogP contribution in [0.1, 0.15) is 26.7 Å². The number of carbonyl (C=O) groups excluding carboxylic acids is 2. The van der Waals surface area contributed by atoms with E-state index in [9.17, 15) is 14.4 Å². The number of carboxylic acids is 1. The van der Waals surface area contributed by atoms with Crippen LogP contribution in [0, 0.1) is 0 Å². The van der Waals surface area contributed by atoms with Crippen LogP contribution < -0.4 is 16.0 Å². The molecule has 0 aliphatic carbocycles. The van der Waals surface area contributed by atoms with Gasteiger partial charge in [-0.2, -0.15) is 0 Å². The topological polar surface area (TPSA) is 142 Å². The summed E-state index contributed by atoms with van der Waals surface area (Å²) in [6.45, 7) is 2.83. The number of aromatic nitrogens is 1. The molecule has 2 amide bonds. The van der Waals surface area contributed by atoms with Crippen molar-refractivity contribution in [2.75, 3.05) is 37.6 Å². The van der Waals surface area contributed by atoms with Crippen LogP contribution in [-0.2, 0) is 11.3 Å². The molecule has 1 fully saturated rings. The van der Waals surface area contributed by atoms with Crippen molar-refractivity contribution in [3.8, 4) is 0 Å². The third-order valence-electron chi connectivity index (χ3n) is 4.42. The second-order valence-electron chi connectivity index (χ2n) is 6.35. The first kappa shape index (κ1) is 19.4. The highest BCUT2D eigenvalue weighted by Gasteiger charge is 2.23. The van der Waals surface area contributed by atoms with E-state index in [-0.39, 0.29) is 24.8 Å². The van der Waals surface area contributed by atoms with Gasteiger partial charge in [0.25, 0.3) is 5.91 Å². The smallest absolute Gasteiger partial charge is 0.371 e. The van der Waals surface area contributed by atoms with Gasteiger partial charge in [-0.3, -0.25) is 14.5 Å². The summed E-state index contributed by atoms with van der Waals surface area (Å²) < 4.78 is 5.10. The maximum absolute atomic E-state index is 12.1. The van der Waals surface area contributed by atoms with E-state index in [1.165, 1.54) is 12.1 Å². The molecule has 28 heavy (non-hydrogen) atoms. The van der Waals surface area contributed by atoms with E-state index in [1.54, 1.807) is 18.3 Å². The van der Waals surface area contributed by atoms with Gasteiger partial charge in [-0.15, -0.1) is 0 Å². The van der Waals surface area contributed by atoms with Crippen LogP contribution in [0.2, 0.25) is 0 Å². The minimum absolute atomic E-state index is 0.127. The summed E-state index contributed by atoms with van der Waals surface area (Å²) in [5, 5.41) is 11.5. The summed E-state index contributed by atoms with van der Waals surface area (Å²) in [7, 11) is 0. The molecule has 3 rings (SSSR count). The highest BCUT2D eigenvalue weighted by molar-refractivity contribution is 5.97. The van der Waals surface area contributed by atoms with Gasteiger partial charge in [-0.1, -0.05) is 0 Å². The van der Waals surface area contributed by atoms with Crippen LogP contribution in [0.5, 0.6) is 0 Å². The Morgan fingerprint density at radius 3 is 2.57 bits per heavy atom. The molecule has 0 radical (unpaired) electrons.